The van der Waals surface area contributed by atoms with Crippen LogP contribution in [0.25, 0.3) is 11.5 Å². The molecule has 29 heavy (non-hydrogen) atoms. The lowest BCUT2D eigenvalue weighted by Gasteiger charge is -2.04. The summed E-state index contributed by atoms with van der Waals surface area (Å²) in [5.74, 6) is -0.250. The van der Waals surface area contributed by atoms with E-state index in [2.05, 4.69) is 15.5 Å². The number of nitrogens with zero attached hydrogens (tertiary/aromatic N) is 2. The molecule has 3 rings (SSSR count). The van der Waals surface area contributed by atoms with Gasteiger partial charge in [0.15, 0.2) is 9.84 Å². The summed E-state index contributed by atoms with van der Waals surface area (Å²) in [6.45, 7) is 3.99. The number of carbonyl (C=O) groups excluding carboxylic acids is 1. The van der Waals surface area contributed by atoms with E-state index in [9.17, 15) is 13.2 Å². The van der Waals surface area contributed by atoms with Gasteiger partial charge < -0.3 is 4.42 Å². The molecule has 0 aliphatic rings. The van der Waals surface area contributed by atoms with E-state index in [0.29, 0.717) is 10.9 Å². The quantitative estimate of drug-likeness (QED) is 0.599. The highest BCUT2D eigenvalue weighted by molar-refractivity contribution is 7.91. The first-order chi connectivity index (χ1) is 13.7. The van der Waals surface area contributed by atoms with Crippen LogP contribution in [0.2, 0.25) is 5.02 Å². The van der Waals surface area contributed by atoms with Gasteiger partial charge in [0.1, 0.15) is 0 Å². The Hall–Kier alpha value is -2.71. The molecule has 0 aliphatic carbocycles. The van der Waals surface area contributed by atoms with Crippen molar-refractivity contribution in [3.8, 4) is 11.5 Å². The van der Waals surface area contributed by atoms with Crippen molar-refractivity contribution in [2.45, 2.75) is 31.6 Å². The second-order valence-corrected chi connectivity index (χ2v) is 9.18. The normalized spacial score (nSPS) is 11.4. The van der Waals surface area contributed by atoms with E-state index < -0.39 is 15.7 Å². The molecule has 0 fully saturated rings. The summed E-state index contributed by atoms with van der Waals surface area (Å²) >= 11 is 5.77. The molecule has 9 heteroatoms. The smallest absolute Gasteiger partial charge is 0.322 e. The van der Waals surface area contributed by atoms with E-state index in [1.165, 1.54) is 24.3 Å². The Balaban J connectivity index is 1.54. The molecule has 0 radical (unpaired) electrons. The molecule has 1 amide bonds. The maximum atomic E-state index is 12.3. The average Bonchev–Trinajstić information content (AvgIpc) is 3.12. The lowest BCUT2D eigenvalue weighted by molar-refractivity contribution is -0.116. The molecular formula is C20H20ClN3O4S. The first-order valence-corrected chi connectivity index (χ1v) is 11.0. The number of aromatic nitrogens is 2. The van der Waals surface area contributed by atoms with Gasteiger partial charge >= 0.3 is 6.01 Å². The number of hydrogen-bond donors (Lipinski definition) is 1. The SMILES string of the molecule is Cc1ccc(-c2nnc(NC(=O)CCCS(=O)(=O)c3ccc(Cl)cc3)o2)cc1C. The van der Waals surface area contributed by atoms with Gasteiger partial charge in [-0.1, -0.05) is 22.8 Å². The third-order valence-electron chi connectivity index (χ3n) is 4.41. The van der Waals surface area contributed by atoms with Crippen LogP contribution in [0.3, 0.4) is 0 Å². The Bertz CT molecular complexity index is 1120. The van der Waals surface area contributed by atoms with Gasteiger partial charge in [0.05, 0.1) is 10.6 Å². The van der Waals surface area contributed by atoms with E-state index >= 15 is 0 Å². The Labute approximate surface area is 174 Å². The Morgan fingerprint density at radius 3 is 2.48 bits per heavy atom. The number of benzene rings is 2. The molecule has 2 aromatic carbocycles. The van der Waals surface area contributed by atoms with Crippen LogP contribution in [0.15, 0.2) is 51.8 Å². The van der Waals surface area contributed by atoms with E-state index in [1.54, 1.807) is 0 Å². The average molecular weight is 434 g/mol. The fourth-order valence-corrected chi connectivity index (χ4v) is 4.07. The molecule has 1 heterocycles. The zero-order chi connectivity index (χ0) is 21.0. The van der Waals surface area contributed by atoms with Crippen molar-refractivity contribution in [1.29, 1.82) is 0 Å². The zero-order valence-electron chi connectivity index (χ0n) is 16.0. The summed E-state index contributed by atoms with van der Waals surface area (Å²) in [6, 6.07) is 11.7. The summed E-state index contributed by atoms with van der Waals surface area (Å²) in [4.78, 5) is 12.3. The molecule has 0 saturated heterocycles. The molecule has 7 nitrogen and oxygen atoms in total. The number of sulfone groups is 1. The van der Waals surface area contributed by atoms with Crippen molar-refractivity contribution in [3.63, 3.8) is 0 Å². The van der Waals surface area contributed by atoms with Crippen molar-refractivity contribution in [2.75, 3.05) is 11.1 Å². The summed E-state index contributed by atoms with van der Waals surface area (Å²) in [5.41, 5.74) is 3.00. The van der Waals surface area contributed by atoms with Gasteiger partial charge in [0, 0.05) is 17.0 Å². The summed E-state index contributed by atoms with van der Waals surface area (Å²) in [6.07, 6.45) is 0.170. The van der Waals surface area contributed by atoms with Gasteiger partial charge in [-0.15, -0.1) is 5.10 Å². The van der Waals surface area contributed by atoms with Crippen LogP contribution in [-0.4, -0.2) is 30.3 Å². The van der Waals surface area contributed by atoms with Gasteiger partial charge in [-0.25, -0.2) is 8.42 Å². The van der Waals surface area contributed by atoms with Crippen LogP contribution in [-0.2, 0) is 14.6 Å². The molecule has 3 aromatic rings. The van der Waals surface area contributed by atoms with Crippen molar-refractivity contribution in [1.82, 2.24) is 10.2 Å². The minimum atomic E-state index is -3.48. The second-order valence-electron chi connectivity index (χ2n) is 6.64. The Morgan fingerprint density at radius 2 is 1.79 bits per heavy atom. The number of hydrogen-bond acceptors (Lipinski definition) is 6. The molecule has 0 spiro atoms. The fraction of sp³-hybridized carbons (Fsp3) is 0.250. The van der Waals surface area contributed by atoms with Crippen LogP contribution in [0.1, 0.15) is 24.0 Å². The predicted molar refractivity (Wildman–Crippen MR) is 111 cm³/mol. The monoisotopic (exact) mass is 433 g/mol. The van der Waals surface area contributed by atoms with Gasteiger partial charge in [-0.2, -0.15) is 0 Å². The lowest BCUT2D eigenvalue weighted by Crippen LogP contribution is -2.14. The summed E-state index contributed by atoms with van der Waals surface area (Å²) < 4.78 is 30.0. The standard InChI is InChI=1S/C20H20ClN3O4S/c1-13-5-6-15(12-14(13)2)19-23-24-20(28-19)22-18(25)4-3-11-29(26,27)17-9-7-16(21)8-10-17/h5-10,12H,3-4,11H2,1-2H3,(H,22,24,25). The first-order valence-electron chi connectivity index (χ1n) is 8.94. The van der Waals surface area contributed by atoms with Gasteiger partial charge in [-0.05, 0) is 67.8 Å². The largest absolute Gasteiger partial charge is 0.403 e. The van der Waals surface area contributed by atoms with Crippen molar-refractivity contribution in [3.05, 3.63) is 58.6 Å². The molecule has 0 aliphatic heterocycles. The van der Waals surface area contributed by atoms with E-state index in [4.69, 9.17) is 16.0 Å². The number of anilines is 1. The molecule has 152 valence electrons. The van der Waals surface area contributed by atoms with Crippen molar-refractivity contribution in [2.24, 2.45) is 0 Å². The molecule has 0 unspecified atom stereocenters. The highest BCUT2D eigenvalue weighted by atomic mass is 35.5. The van der Waals surface area contributed by atoms with Crippen LogP contribution >= 0.6 is 11.6 Å². The molecule has 0 atom stereocenters. The number of aryl methyl sites for hydroxylation is 2. The summed E-state index contributed by atoms with van der Waals surface area (Å²) in [7, 11) is -3.48. The van der Waals surface area contributed by atoms with E-state index in [-0.39, 0.29) is 29.5 Å². The minimum Gasteiger partial charge on any atom is -0.403 e. The number of amides is 1. The minimum absolute atomic E-state index is 0.00811. The molecule has 0 bridgehead atoms. The number of halogens is 1. The van der Waals surface area contributed by atoms with E-state index in [1.807, 2.05) is 32.0 Å². The molecular weight excluding hydrogens is 414 g/mol. The van der Waals surface area contributed by atoms with Crippen LogP contribution < -0.4 is 5.32 Å². The van der Waals surface area contributed by atoms with Crippen molar-refractivity contribution < 1.29 is 17.6 Å². The number of nitrogens with one attached hydrogen (secondary N) is 1. The molecule has 1 N–H and O–H groups in total. The zero-order valence-corrected chi connectivity index (χ0v) is 17.5. The topological polar surface area (TPSA) is 102 Å². The fourth-order valence-electron chi connectivity index (χ4n) is 2.63. The Kier molecular flexibility index (Phi) is 6.34. The second kappa shape index (κ2) is 8.75. The summed E-state index contributed by atoms with van der Waals surface area (Å²) in [5, 5.41) is 10.7. The maximum absolute atomic E-state index is 12.3. The maximum Gasteiger partial charge on any atom is 0.322 e. The van der Waals surface area contributed by atoms with Crippen LogP contribution in [0.5, 0.6) is 0 Å². The third kappa shape index (κ3) is 5.42. The van der Waals surface area contributed by atoms with Crippen molar-refractivity contribution >= 4 is 33.4 Å². The first kappa shape index (κ1) is 21.0. The van der Waals surface area contributed by atoms with Gasteiger partial charge in [0.2, 0.25) is 11.8 Å². The van der Waals surface area contributed by atoms with Gasteiger partial charge in [-0.3, -0.25) is 10.1 Å². The highest BCUT2D eigenvalue weighted by Gasteiger charge is 2.16. The third-order valence-corrected chi connectivity index (χ3v) is 6.48. The lowest BCUT2D eigenvalue weighted by atomic mass is 10.1. The number of carbonyl (C=O) groups is 1. The van der Waals surface area contributed by atoms with Crippen LogP contribution in [0.4, 0.5) is 6.01 Å². The highest BCUT2D eigenvalue weighted by Crippen LogP contribution is 2.22. The molecule has 1 aromatic heterocycles. The number of rotatable bonds is 7. The van der Waals surface area contributed by atoms with E-state index in [0.717, 1.165) is 16.7 Å². The predicted octanol–water partition coefficient (Wildman–Crippen LogP) is 4.20. The Morgan fingerprint density at radius 1 is 1.07 bits per heavy atom. The van der Waals surface area contributed by atoms with Crippen LogP contribution in [0, 0.1) is 13.8 Å². The molecule has 0 saturated carbocycles. The van der Waals surface area contributed by atoms with Gasteiger partial charge in [0.25, 0.3) is 0 Å².